The maximum absolute atomic E-state index is 12.6. The Hall–Kier alpha value is -2.22. The van der Waals surface area contributed by atoms with E-state index in [1.807, 2.05) is 48.5 Å². The summed E-state index contributed by atoms with van der Waals surface area (Å²) in [4.78, 5) is 12.6. The lowest BCUT2D eigenvalue weighted by molar-refractivity contribution is -0.122. The van der Waals surface area contributed by atoms with Crippen LogP contribution in [0.4, 0.5) is 0 Å². The fourth-order valence-electron chi connectivity index (χ4n) is 2.76. The standard InChI is InChI=1S/C21H29N3O3S/c1-24(2)28(26,27)23-20(17-19-14-7-4-8-15-19)21(25)22-16-10-9-13-18-11-5-3-6-12-18/h3-8,11-12,14-15,20,23H,9-10,13,16-17H2,1-2H3,(H,22,25). The van der Waals surface area contributed by atoms with Gasteiger partial charge in [-0.1, -0.05) is 60.7 Å². The molecule has 0 aliphatic carbocycles. The van der Waals surface area contributed by atoms with Crippen molar-refractivity contribution in [3.63, 3.8) is 0 Å². The zero-order chi connectivity index (χ0) is 20.4. The smallest absolute Gasteiger partial charge is 0.279 e. The molecule has 0 spiro atoms. The summed E-state index contributed by atoms with van der Waals surface area (Å²) in [5.74, 6) is -0.311. The molecule has 0 bridgehead atoms. The summed E-state index contributed by atoms with van der Waals surface area (Å²) in [7, 11) is -0.843. The first-order valence-corrected chi connectivity index (χ1v) is 10.9. The number of rotatable bonds is 11. The lowest BCUT2D eigenvalue weighted by Crippen LogP contribution is -2.51. The molecule has 0 aliphatic heterocycles. The Labute approximate surface area is 168 Å². The molecule has 2 N–H and O–H groups in total. The van der Waals surface area contributed by atoms with E-state index in [-0.39, 0.29) is 5.91 Å². The third-order valence-corrected chi connectivity index (χ3v) is 5.95. The van der Waals surface area contributed by atoms with Crippen molar-refractivity contribution < 1.29 is 13.2 Å². The number of carbonyl (C=O) groups excluding carboxylic acids is 1. The minimum absolute atomic E-state index is 0.295. The van der Waals surface area contributed by atoms with Crippen molar-refractivity contribution in [1.82, 2.24) is 14.3 Å². The Morgan fingerprint density at radius 2 is 1.50 bits per heavy atom. The molecular formula is C21H29N3O3S. The summed E-state index contributed by atoms with van der Waals surface area (Å²) < 4.78 is 28.0. The van der Waals surface area contributed by atoms with Gasteiger partial charge in [0.2, 0.25) is 5.91 Å². The SMILES string of the molecule is CN(C)S(=O)(=O)NC(Cc1ccccc1)C(=O)NCCCCc1ccccc1. The van der Waals surface area contributed by atoms with Crippen LogP contribution in [0.3, 0.4) is 0 Å². The van der Waals surface area contributed by atoms with Gasteiger partial charge in [-0.05, 0) is 36.8 Å². The van der Waals surface area contributed by atoms with Crippen LogP contribution in [-0.2, 0) is 27.8 Å². The molecule has 2 aromatic carbocycles. The van der Waals surface area contributed by atoms with E-state index in [2.05, 4.69) is 22.2 Å². The molecule has 6 nitrogen and oxygen atoms in total. The van der Waals surface area contributed by atoms with Crippen LogP contribution >= 0.6 is 0 Å². The number of benzene rings is 2. The second-order valence-electron chi connectivity index (χ2n) is 6.88. The first-order chi connectivity index (χ1) is 13.4. The molecular weight excluding hydrogens is 374 g/mol. The normalized spacial score (nSPS) is 12.7. The molecule has 1 unspecified atom stereocenters. The Bertz CT molecular complexity index is 824. The number of hydrogen-bond acceptors (Lipinski definition) is 3. The highest BCUT2D eigenvalue weighted by atomic mass is 32.2. The van der Waals surface area contributed by atoms with Gasteiger partial charge in [-0.2, -0.15) is 17.4 Å². The van der Waals surface area contributed by atoms with Crippen molar-refractivity contribution in [1.29, 1.82) is 0 Å². The third-order valence-electron chi connectivity index (χ3n) is 4.41. The number of nitrogens with zero attached hydrogens (tertiary/aromatic N) is 1. The van der Waals surface area contributed by atoms with Gasteiger partial charge in [0, 0.05) is 20.6 Å². The van der Waals surface area contributed by atoms with Crippen LogP contribution in [0, 0.1) is 0 Å². The average molecular weight is 404 g/mol. The highest BCUT2D eigenvalue weighted by Gasteiger charge is 2.25. The molecule has 0 radical (unpaired) electrons. The summed E-state index contributed by atoms with van der Waals surface area (Å²) in [5, 5.41) is 2.87. The van der Waals surface area contributed by atoms with Crippen LogP contribution < -0.4 is 10.0 Å². The van der Waals surface area contributed by atoms with Crippen molar-refractivity contribution in [2.24, 2.45) is 0 Å². The van der Waals surface area contributed by atoms with E-state index in [4.69, 9.17) is 0 Å². The topological polar surface area (TPSA) is 78.5 Å². The van der Waals surface area contributed by atoms with Crippen molar-refractivity contribution in [2.75, 3.05) is 20.6 Å². The van der Waals surface area contributed by atoms with E-state index >= 15 is 0 Å². The molecule has 2 aromatic rings. The van der Waals surface area contributed by atoms with Gasteiger partial charge in [-0.15, -0.1) is 0 Å². The molecule has 7 heteroatoms. The lowest BCUT2D eigenvalue weighted by atomic mass is 10.1. The van der Waals surface area contributed by atoms with Gasteiger partial charge in [0.1, 0.15) is 6.04 Å². The monoisotopic (exact) mass is 403 g/mol. The first-order valence-electron chi connectivity index (χ1n) is 9.44. The molecule has 28 heavy (non-hydrogen) atoms. The molecule has 1 amide bonds. The predicted molar refractivity (Wildman–Crippen MR) is 112 cm³/mol. The van der Waals surface area contributed by atoms with Crippen molar-refractivity contribution in [2.45, 2.75) is 31.7 Å². The Balaban J connectivity index is 1.88. The number of carbonyl (C=O) groups is 1. The highest BCUT2D eigenvalue weighted by Crippen LogP contribution is 2.07. The summed E-state index contributed by atoms with van der Waals surface area (Å²) in [6.45, 7) is 0.515. The summed E-state index contributed by atoms with van der Waals surface area (Å²) >= 11 is 0. The number of amides is 1. The van der Waals surface area contributed by atoms with E-state index in [0.717, 1.165) is 29.1 Å². The minimum Gasteiger partial charge on any atom is -0.355 e. The molecule has 152 valence electrons. The van der Waals surface area contributed by atoms with Gasteiger partial charge >= 0.3 is 0 Å². The van der Waals surface area contributed by atoms with Crippen LogP contribution in [0.1, 0.15) is 24.0 Å². The Morgan fingerprint density at radius 3 is 2.07 bits per heavy atom. The predicted octanol–water partition coefficient (Wildman–Crippen LogP) is 2.13. The molecule has 0 saturated carbocycles. The van der Waals surface area contributed by atoms with E-state index < -0.39 is 16.3 Å². The second kappa shape index (κ2) is 10.9. The molecule has 0 fully saturated rings. The van der Waals surface area contributed by atoms with Gasteiger partial charge in [-0.3, -0.25) is 4.79 Å². The maximum Gasteiger partial charge on any atom is 0.279 e. The molecule has 0 saturated heterocycles. The average Bonchev–Trinajstić information content (AvgIpc) is 2.68. The van der Waals surface area contributed by atoms with Crippen LogP contribution in [0.5, 0.6) is 0 Å². The van der Waals surface area contributed by atoms with Gasteiger partial charge in [0.15, 0.2) is 0 Å². The van der Waals surface area contributed by atoms with E-state index in [1.54, 1.807) is 0 Å². The maximum atomic E-state index is 12.6. The largest absolute Gasteiger partial charge is 0.355 e. The van der Waals surface area contributed by atoms with Crippen molar-refractivity contribution in [3.8, 4) is 0 Å². The Morgan fingerprint density at radius 1 is 0.929 bits per heavy atom. The molecule has 0 aromatic heterocycles. The minimum atomic E-state index is -3.71. The fraction of sp³-hybridized carbons (Fsp3) is 0.381. The summed E-state index contributed by atoms with van der Waals surface area (Å²) in [5.41, 5.74) is 2.17. The highest BCUT2D eigenvalue weighted by molar-refractivity contribution is 7.87. The van der Waals surface area contributed by atoms with Crippen molar-refractivity contribution in [3.05, 3.63) is 71.8 Å². The van der Waals surface area contributed by atoms with E-state index in [9.17, 15) is 13.2 Å². The lowest BCUT2D eigenvalue weighted by Gasteiger charge is -2.21. The quantitative estimate of drug-likeness (QED) is 0.564. The summed E-state index contributed by atoms with van der Waals surface area (Å²) in [6.07, 6.45) is 3.04. The van der Waals surface area contributed by atoms with Gasteiger partial charge in [-0.25, -0.2) is 0 Å². The molecule has 1 atom stereocenters. The van der Waals surface area contributed by atoms with Gasteiger partial charge in [0.05, 0.1) is 0 Å². The first kappa shape index (κ1) is 22.1. The summed E-state index contributed by atoms with van der Waals surface area (Å²) in [6, 6.07) is 18.7. The number of nitrogens with one attached hydrogen (secondary N) is 2. The van der Waals surface area contributed by atoms with Crippen LogP contribution in [0.25, 0.3) is 0 Å². The molecule has 0 aliphatic rings. The molecule has 0 heterocycles. The van der Waals surface area contributed by atoms with E-state index in [1.165, 1.54) is 19.7 Å². The van der Waals surface area contributed by atoms with Gasteiger partial charge < -0.3 is 5.32 Å². The van der Waals surface area contributed by atoms with Crippen LogP contribution in [0.2, 0.25) is 0 Å². The zero-order valence-electron chi connectivity index (χ0n) is 16.5. The van der Waals surface area contributed by atoms with Crippen LogP contribution in [0.15, 0.2) is 60.7 Å². The van der Waals surface area contributed by atoms with E-state index in [0.29, 0.717) is 13.0 Å². The third kappa shape index (κ3) is 7.42. The number of hydrogen-bond donors (Lipinski definition) is 2. The van der Waals surface area contributed by atoms with Crippen LogP contribution in [-0.4, -0.2) is 45.3 Å². The number of aryl methyl sites for hydroxylation is 1. The fourth-order valence-corrected chi connectivity index (χ4v) is 3.52. The zero-order valence-corrected chi connectivity index (χ0v) is 17.3. The molecule has 2 rings (SSSR count). The van der Waals surface area contributed by atoms with Gasteiger partial charge in [0.25, 0.3) is 10.2 Å². The second-order valence-corrected chi connectivity index (χ2v) is 8.80. The Kier molecular flexibility index (Phi) is 8.63. The van der Waals surface area contributed by atoms with Crippen molar-refractivity contribution >= 4 is 16.1 Å². The number of unbranched alkanes of at least 4 members (excludes halogenated alkanes) is 1.